The highest BCUT2D eigenvalue weighted by atomic mass is 32.2. The number of aryl methyl sites for hydroxylation is 1. The minimum absolute atomic E-state index is 0.0775. The third-order valence-electron chi connectivity index (χ3n) is 3.19. The molecule has 112 valence electrons. The Morgan fingerprint density at radius 1 is 1.23 bits per heavy atom. The lowest BCUT2D eigenvalue weighted by molar-refractivity contribution is -0.123. The number of amides is 2. The molecule has 0 bridgehead atoms. The first-order valence-corrected chi connectivity index (χ1v) is 7.41. The number of benzene rings is 1. The van der Waals surface area contributed by atoms with Crippen molar-refractivity contribution >= 4 is 29.0 Å². The molecule has 1 aromatic carbocycles. The van der Waals surface area contributed by atoms with Gasteiger partial charge in [-0.3, -0.25) is 14.5 Å². The van der Waals surface area contributed by atoms with Gasteiger partial charge >= 0.3 is 0 Å². The van der Waals surface area contributed by atoms with Gasteiger partial charge in [-0.2, -0.15) is 0 Å². The summed E-state index contributed by atoms with van der Waals surface area (Å²) in [6.45, 7) is 1.72. The molecular weight excluding hydrogens is 305 g/mol. The molecule has 1 aromatic heterocycles. The average Bonchev–Trinajstić information content (AvgIpc) is 3.00. The summed E-state index contributed by atoms with van der Waals surface area (Å²) in [7, 11) is 0. The maximum absolute atomic E-state index is 13.7. The summed E-state index contributed by atoms with van der Waals surface area (Å²) in [5.41, 5.74) is 0.305. The largest absolute Gasteiger partial charge is 0.462 e. The van der Waals surface area contributed by atoms with Crippen LogP contribution in [0.25, 0.3) is 6.08 Å². The molecule has 4 nitrogen and oxygen atoms in total. The highest BCUT2D eigenvalue weighted by molar-refractivity contribution is 8.18. The molecule has 2 heterocycles. The first-order valence-electron chi connectivity index (χ1n) is 6.60. The Labute approximate surface area is 130 Å². The van der Waals surface area contributed by atoms with Crippen LogP contribution in [0.15, 0.2) is 45.7 Å². The van der Waals surface area contributed by atoms with E-state index >= 15 is 0 Å². The van der Waals surface area contributed by atoms with Crippen LogP contribution >= 0.6 is 11.8 Å². The topological polar surface area (TPSA) is 50.5 Å². The molecule has 1 aliphatic heterocycles. The summed E-state index contributed by atoms with van der Waals surface area (Å²) in [5, 5.41) is -0.414. The number of hydrogen-bond acceptors (Lipinski definition) is 4. The summed E-state index contributed by atoms with van der Waals surface area (Å²) in [4.78, 5) is 25.6. The zero-order chi connectivity index (χ0) is 15.7. The van der Waals surface area contributed by atoms with Crippen molar-refractivity contribution in [1.29, 1.82) is 0 Å². The number of halogens is 1. The first-order chi connectivity index (χ1) is 10.5. The normalized spacial score (nSPS) is 16.8. The molecule has 0 unspecified atom stereocenters. The Morgan fingerprint density at radius 3 is 2.68 bits per heavy atom. The van der Waals surface area contributed by atoms with Crippen LogP contribution in [0.5, 0.6) is 0 Å². The molecule has 1 aliphatic rings. The third kappa shape index (κ3) is 2.82. The van der Waals surface area contributed by atoms with Crippen LogP contribution in [0, 0.1) is 12.7 Å². The van der Waals surface area contributed by atoms with Crippen molar-refractivity contribution in [2.45, 2.75) is 13.5 Å². The van der Waals surface area contributed by atoms with Crippen molar-refractivity contribution in [3.63, 3.8) is 0 Å². The molecule has 2 amide bonds. The van der Waals surface area contributed by atoms with E-state index in [0.717, 1.165) is 22.4 Å². The Hall–Kier alpha value is -2.34. The summed E-state index contributed by atoms with van der Waals surface area (Å²) < 4.78 is 19.0. The van der Waals surface area contributed by atoms with E-state index in [1.54, 1.807) is 37.3 Å². The van der Waals surface area contributed by atoms with Crippen molar-refractivity contribution in [3.05, 3.63) is 64.2 Å². The second-order valence-electron chi connectivity index (χ2n) is 4.81. The maximum Gasteiger partial charge on any atom is 0.293 e. The second kappa shape index (κ2) is 5.81. The average molecular weight is 317 g/mol. The van der Waals surface area contributed by atoms with Gasteiger partial charge in [0.1, 0.15) is 17.3 Å². The predicted octanol–water partition coefficient (Wildman–Crippen LogP) is 3.96. The zero-order valence-electron chi connectivity index (χ0n) is 11.7. The number of carbonyl (C=O) groups is 2. The van der Waals surface area contributed by atoms with Crippen molar-refractivity contribution < 1.29 is 18.4 Å². The molecule has 0 N–H and O–H groups in total. The Morgan fingerprint density at radius 2 is 2.00 bits per heavy atom. The number of hydrogen-bond donors (Lipinski definition) is 0. The number of rotatable bonds is 3. The lowest BCUT2D eigenvalue weighted by Crippen LogP contribution is -2.27. The van der Waals surface area contributed by atoms with Gasteiger partial charge in [0.05, 0.1) is 11.4 Å². The second-order valence-corrected chi connectivity index (χ2v) is 5.80. The van der Waals surface area contributed by atoms with Crippen molar-refractivity contribution in [2.24, 2.45) is 0 Å². The van der Waals surface area contributed by atoms with E-state index in [1.807, 2.05) is 0 Å². The number of imide groups is 1. The fourth-order valence-electron chi connectivity index (χ4n) is 2.09. The quantitative estimate of drug-likeness (QED) is 0.804. The minimum atomic E-state index is -0.438. The predicted molar refractivity (Wildman–Crippen MR) is 81.4 cm³/mol. The molecular formula is C16H12FNO3S. The molecule has 3 rings (SSSR count). The van der Waals surface area contributed by atoms with Gasteiger partial charge in [-0.05, 0) is 36.9 Å². The first kappa shape index (κ1) is 14.6. The van der Waals surface area contributed by atoms with Gasteiger partial charge in [0, 0.05) is 11.6 Å². The lowest BCUT2D eigenvalue weighted by Gasteiger charge is -2.12. The number of thioether (sulfide) groups is 1. The summed E-state index contributed by atoms with van der Waals surface area (Å²) in [6, 6.07) is 9.58. The molecule has 2 aromatic rings. The molecule has 1 saturated heterocycles. The number of furan rings is 1. The minimum Gasteiger partial charge on any atom is -0.462 e. The van der Waals surface area contributed by atoms with E-state index in [4.69, 9.17) is 4.42 Å². The molecule has 6 heteroatoms. The SMILES string of the molecule is Cc1ccc(/C=C2/SC(=O)N(Cc3ccccc3F)C2=O)o1. The van der Waals surface area contributed by atoms with Gasteiger partial charge in [-0.25, -0.2) is 4.39 Å². The van der Waals surface area contributed by atoms with E-state index < -0.39 is 17.0 Å². The third-order valence-corrected chi connectivity index (χ3v) is 4.10. The molecule has 0 radical (unpaired) electrons. The van der Waals surface area contributed by atoms with Crippen molar-refractivity contribution in [2.75, 3.05) is 0 Å². The fourth-order valence-corrected chi connectivity index (χ4v) is 2.91. The van der Waals surface area contributed by atoms with Gasteiger partial charge < -0.3 is 4.42 Å². The summed E-state index contributed by atoms with van der Waals surface area (Å²) >= 11 is 0.827. The molecule has 0 aliphatic carbocycles. The number of nitrogens with zero attached hydrogens (tertiary/aromatic N) is 1. The van der Waals surface area contributed by atoms with Gasteiger partial charge in [0.2, 0.25) is 0 Å². The van der Waals surface area contributed by atoms with Gasteiger partial charge in [0.15, 0.2) is 0 Å². The number of carbonyl (C=O) groups excluding carboxylic acids is 2. The van der Waals surface area contributed by atoms with E-state index in [0.29, 0.717) is 11.3 Å². The van der Waals surface area contributed by atoms with E-state index in [9.17, 15) is 14.0 Å². The van der Waals surface area contributed by atoms with Crippen molar-refractivity contribution in [1.82, 2.24) is 4.90 Å². The lowest BCUT2D eigenvalue weighted by atomic mass is 10.2. The van der Waals surface area contributed by atoms with Crippen LogP contribution in [0.1, 0.15) is 17.1 Å². The van der Waals surface area contributed by atoms with E-state index in [-0.39, 0.29) is 11.4 Å². The zero-order valence-corrected chi connectivity index (χ0v) is 12.5. The van der Waals surface area contributed by atoms with E-state index in [2.05, 4.69) is 0 Å². The maximum atomic E-state index is 13.7. The Kier molecular flexibility index (Phi) is 3.85. The van der Waals surface area contributed by atoms with Crippen LogP contribution in [0.2, 0.25) is 0 Å². The van der Waals surface area contributed by atoms with Crippen molar-refractivity contribution in [3.8, 4) is 0 Å². The monoisotopic (exact) mass is 317 g/mol. The van der Waals surface area contributed by atoms with Crippen LogP contribution in [0.4, 0.5) is 9.18 Å². The van der Waals surface area contributed by atoms with Crippen LogP contribution in [-0.4, -0.2) is 16.0 Å². The van der Waals surface area contributed by atoms with Crippen LogP contribution < -0.4 is 0 Å². The van der Waals surface area contributed by atoms with Crippen LogP contribution in [-0.2, 0) is 11.3 Å². The Balaban J connectivity index is 1.83. The van der Waals surface area contributed by atoms with Gasteiger partial charge in [-0.1, -0.05) is 18.2 Å². The van der Waals surface area contributed by atoms with Gasteiger partial charge in [-0.15, -0.1) is 0 Å². The standard InChI is InChI=1S/C16H12FNO3S/c1-10-6-7-12(21-10)8-14-15(19)18(16(20)22-14)9-11-4-2-3-5-13(11)17/h2-8H,9H2,1H3/b14-8+. The van der Waals surface area contributed by atoms with Crippen LogP contribution in [0.3, 0.4) is 0 Å². The molecule has 0 saturated carbocycles. The highest BCUT2D eigenvalue weighted by Crippen LogP contribution is 2.33. The van der Waals surface area contributed by atoms with Gasteiger partial charge in [0.25, 0.3) is 11.1 Å². The molecule has 0 spiro atoms. The smallest absolute Gasteiger partial charge is 0.293 e. The summed E-state index contributed by atoms with van der Waals surface area (Å²) in [5.74, 6) is 0.352. The molecule has 0 atom stereocenters. The van der Waals surface area contributed by atoms with E-state index in [1.165, 1.54) is 12.1 Å². The highest BCUT2D eigenvalue weighted by Gasteiger charge is 2.35. The molecule has 22 heavy (non-hydrogen) atoms. The molecule has 1 fully saturated rings. The fraction of sp³-hybridized carbons (Fsp3) is 0.125. The Bertz CT molecular complexity index is 781. The summed E-state index contributed by atoms with van der Waals surface area (Å²) in [6.07, 6.45) is 1.53.